The molecule has 1 rings (SSSR count). The SMILES string of the molecule is CCCN(CC(=N)N)C(=O)Nc1cccc(C)c1. The van der Waals surface area contributed by atoms with Crippen LogP contribution < -0.4 is 11.1 Å². The Bertz CT molecular complexity index is 431. The molecule has 0 aliphatic carbocycles. The molecule has 0 fully saturated rings. The van der Waals surface area contributed by atoms with Crippen molar-refractivity contribution in [2.75, 3.05) is 18.4 Å². The molecule has 0 radical (unpaired) electrons. The first-order valence-corrected chi connectivity index (χ1v) is 5.98. The molecule has 0 heterocycles. The topological polar surface area (TPSA) is 82.2 Å². The molecule has 5 nitrogen and oxygen atoms in total. The van der Waals surface area contributed by atoms with E-state index in [0.29, 0.717) is 6.54 Å². The van der Waals surface area contributed by atoms with Gasteiger partial charge in [-0.2, -0.15) is 0 Å². The van der Waals surface area contributed by atoms with E-state index in [-0.39, 0.29) is 18.4 Å². The summed E-state index contributed by atoms with van der Waals surface area (Å²) < 4.78 is 0. The zero-order valence-electron chi connectivity index (χ0n) is 10.9. The molecule has 4 N–H and O–H groups in total. The molecule has 0 unspecified atom stereocenters. The first-order valence-electron chi connectivity index (χ1n) is 5.98. The molecule has 0 spiro atoms. The summed E-state index contributed by atoms with van der Waals surface area (Å²) in [6, 6.07) is 7.37. The van der Waals surface area contributed by atoms with Crippen LogP contribution in [0.15, 0.2) is 24.3 Å². The zero-order valence-corrected chi connectivity index (χ0v) is 10.9. The summed E-state index contributed by atoms with van der Waals surface area (Å²) >= 11 is 0. The fourth-order valence-corrected chi connectivity index (χ4v) is 1.65. The van der Waals surface area contributed by atoms with Crippen LogP contribution in [-0.2, 0) is 0 Å². The molecule has 18 heavy (non-hydrogen) atoms. The Morgan fingerprint density at radius 1 is 1.50 bits per heavy atom. The van der Waals surface area contributed by atoms with Crippen molar-refractivity contribution in [2.45, 2.75) is 20.3 Å². The monoisotopic (exact) mass is 248 g/mol. The van der Waals surface area contributed by atoms with Gasteiger partial charge in [-0.25, -0.2) is 4.79 Å². The van der Waals surface area contributed by atoms with Crippen LogP contribution in [0.3, 0.4) is 0 Å². The molecule has 5 heteroatoms. The van der Waals surface area contributed by atoms with Gasteiger partial charge in [0.1, 0.15) is 5.84 Å². The van der Waals surface area contributed by atoms with Crippen LogP contribution in [0.1, 0.15) is 18.9 Å². The third-order valence-electron chi connectivity index (χ3n) is 2.41. The lowest BCUT2D eigenvalue weighted by Crippen LogP contribution is -2.41. The molecule has 0 bridgehead atoms. The maximum Gasteiger partial charge on any atom is 0.322 e. The van der Waals surface area contributed by atoms with Gasteiger partial charge < -0.3 is 16.0 Å². The second kappa shape index (κ2) is 6.64. The summed E-state index contributed by atoms with van der Waals surface area (Å²) in [4.78, 5) is 13.5. The molecule has 1 aromatic rings. The van der Waals surface area contributed by atoms with Gasteiger partial charge in [0, 0.05) is 12.2 Å². The first kappa shape index (κ1) is 14.0. The lowest BCUT2D eigenvalue weighted by molar-refractivity contribution is 0.218. The molecular formula is C13H20N4O. The minimum absolute atomic E-state index is 0.0113. The summed E-state index contributed by atoms with van der Waals surface area (Å²) in [5.41, 5.74) is 7.18. The third kappa shape index (κ3) is 4.45. The van der Waals surface area contributed by atoms with Gasteiger partial charge in [0.15, 0.2) is 0 Å². The molecule has 0 atom stereocenters. The van der Waals surface area contributed by atoms with Crippen LogP contribution in [0.5, 0.6) is 0 Å². The van der Waals surface area contributed by atoms with Crippen LogP contribution in [0, 0.1) is 12.3 Å². The van der Waals surface area contributed by atoms with Gasteiger partial charge in [0.2, 0.25) is 0 Å². The van der Waals surface area contributed by atoms with Crippen molar-refractivity contribution in [3.8, 4) is 0 Å². The highest BCUT2D eigenvalue weighted by Gasteiger charge is 2.13. The van der Waals surface area contributed by atoms with E-state index in [9.17, 15) is 4.79 Å². The second-order valence-electron chi connectivity index (χ2n) is 4.25. The molecule has 1 aromatic carbocycles. The van der Waals surface area contributed by atoms with Crippen molar-refractivity contribution < 1.29 is 4.79 Å². The van der Waals surface area contributed by atoms with Crippen LogP contribution in [0.25, 0.3) is 0 Å². The number of amidine groups is 1. The molecule has 0 saturated heterocycles. The third-order valence-corrected chi connectivity index (χ3v) is 2.41. The normalized spacial score (nSPS) is 9.89. The molecular weight excluding hydrogens is 228 g/mol. The molecule has 0 aromatic heterocycles. The zero-order chi connectivity index (χ0) is 13.5. The van der Waals surface area contributed by atoms with Gasteiger partial charge in [-0.3, -0.25) is 5.41 Å². The number of carbonyl (C=O) groups is 1. The molecule has 0 saturated carbocycles. The minimum atomic E-state index is -0.224. The van der Waals surface area contributed by atoms with Crippen LogP contribution in [0.4, 0.5) is 10.5 Å². The molecule has 2 amide bonds. The van der Waals surface area contributed by atoms with Crippen molar-refractivity contribution >= 4 is 17.6 Å². The van der Waals surface area contributed by atoms with Crippen LogP contribution in [0.2, 0.25) is 0 Å². The number of anilines is 1. The standard InChI is InChI=1S/C13H20N4O/c1-3-7-17(9-12(14)15)13(18)16-11-6-4-5-10(2)8-11/h4-6,8H,3,7,9H2,1-2H3,(H3,14,15)(H,16,18). The number of hydrogen-bond donors (Lipinski definition) is 3. The van der Waals surface area contributed by atoms with Gasteiger partial charge in [0.25, 0.3) is 0 Å². The van der Waals surface area contributed by atoms with Gasteiger partial charge in [-0.05, 0) is 31.0 Å². The lowest BCUT2D eigenvalue weighted by atomic mass is 10.2. The van der Waals surface area contributed by atoms with Gasteiger partial charge in [-0.1, -0.05) is 19.1 Å². The predicted molar refractivity (Wildman–Crippen MR) is 74.0 cm³/mol. The summed E-state index contributed by atoms with van der Waals surface area (Å²) in [5.74, 6) is -0.0113. The Morgan fingerprint density at radius 2 is 2.22 bits per heavy atom. The predicted octanol–water partition coefficient (Wildman–Crippen LogP) is 2.17. The number of rotatable bonds is 5. The highest BCUT2D eigenvalue weighted by molar-refractivity contribution is 5.92. The van der Waals surface area contributed by atoms with Crippen molar-refractivity contribution in [1.29, 1.82) is 5.41 Å². The highest BCUT2D eigenvalue weighted by atomic mass is 16.2. The Labute approximate surface area is 107 Å². The number of urea groups is 1. The number of carbonyl (C=O) groups excluding carboxylic acids is 1. The Morgan fingerprint density at radius 3 is 2.78 bits per heavy atom. The van der Waals surface area contributed by atoms with Crippen molar-refractivity contribution in [1.82, 2.24) is 4.90 Å². The maximum absolute atomic E-state index is 12.0. The fraction of sp³-hybridized carbons (Fsp3) is 0.385. The number of benzene rings is 1. The molecule has 0 aliphatic heterocycles. The molecule has 0 aliphatic rings. The Kier molecular flexibility index (Phi) is 5.17. The Balaban J connectivity index is 2.69. The van der Waals surface area contributed by atoms with Gasteiger partial charge in [0.05, 0.1) is 6.54 Å². The van der Waals surface area contributed by atoms with E-state index in [1.807, 2.05) is 38.1 Å². The average Bonchev–Trinajstić information content (AvgIpc) is 2.27. The van der Waals surface area contributed by atoms with Crippen LogP contribution in [-0.4, -0.2) is 29.9 Å². The van der Waals surface area contributed by atoms with Crippen LogP contribution >= 0.6 is 0 Å². The van der Waals surface area contributed by atoms with E-state index in [1.54, 1.807) is 0 Å². The first-order chi connectivity index (χ1) is 8.52. The van der Waals surface area contributed by atoms with Crippen molar-refractivity contribution in [3.05, 3.63) is 29.8 Å². The fourth-order valence-electron chi connectivity index (χ4n) is 1.65. The van der Waals surface area contributed by atoms with E-state index in [1.165, 1.54) is 4.90 Å². The number of nitrogens with zero attached hydrogens (tertiary/aromatic N) is 1. The summed E-state index contributed by atoms with van der Waals surface area (Å²) in [5, 5.41) is 10.1. The van der Waals surface area contributed by atoms with E-state index in [2.05, 4.69) is 5.32 Å². The summed E-state index contributed by atoms with van der Waals surface area (Å²) in [6.07, 6.45) is 0.828. The molecule has 98 valence electrons. The number of nitrogens with one attached hydrogen (secondary N) is 2. The van der Waals surface area contributed by atoms with E-state index in [4.69, 9.17) is 11.1 Å². The van der Waals surface area contributed by atoms with Gasteiger partial charge in [-0.15, -0.1) is 0 Å². The number of nitrogens with two attached hydrogens (primary N) is 1. The van der Waals surface area contributed by atoms with E-state index in [0.717, 1.165) is 17.7 Å². The maximum atomic E-state index is 12.0. The van der Waals surface area contributed by atoms with Crippen molar-refractivity contribution in [3.63, 3.8) is 0 Å². The number of amides is 2. The average molecular weight is 248 g/mol. The quantitative estimate of drug-likeness (QED) is 0.551. The van der Waals surface area contributed by atoms with E-state index < -0.39 is 0 Å². The lowest BCUT2D eigenvalue weighted by Gasteiger charge is -2.21. The van der Waals surface area contributed by atoms with E-state index >= 15 is 0 Å². The minimum Gasteiger partial charge on any atom is -0.386 e. The number of hydrogen-bond acceptors (Lipinski definition) is 2. The number of aryl methyl sites for hydroxylation is 1. The largest absolute Gasteiger partial charge is 0.386 e. The summed E-state index contributed by atoms with van der Waals surface area (Å²) in [7, 11) is 0. The second-order valence-corrected chi connectivity index (χ2v) is 4.25. The smallest absolute Gasteiger partial charge is 0.322 e. The summed E-state index contributed by atoms with van der Waals surface area (Å²) in [6.45, 7) is 4.69. The Hall–Kier alpha value is -2.04. The highest BCUT2D eigenvalue weighted by Crippen LogP contribution is 2.10. The van der Waals surface area contributed by atoms with Gasteiger partial charge >= 0.3 is 6.03 Å². The van der Waals surface area contributed by atoms with Crippen molar-refractivity contribution in [2.24, 2.45) is 5.73 Å².